The Morgan fingerprint density at radius 3 is 2.23 bits per heavy atom. The molecule has 0 N–H and O–H groups in total. The second-order valence-corrected chi connectivity index (χ2v) is 5.67. The van der Waals surface area contributed by atoms with Crippen LogP contribution in [0.2, 0.25) is 0 Å². The van der Waals surface area contributed by atoms with Crippen molar-refractivity contribution in [1.82, 2.24) is 0 Å². The Balaban J connectivity index is 2.52. The first-order chi connectivity index (χ1) is 10.5. The molecule has 2 rings (SSSR count). The maximum atomic E-state index is 12.5. The fraction of sp³-hybridized carbons (Fsp3) is 0.0625. The number of benzene rings is 1. The zero-order valence-electron chi connectivity index (χ0n) is 11.7. The van der Waals surface area contributed by atoms with Crippen LogP contribution in [0.25, 0.3) is 5.70 Å². The third-order valence-electron chi connectivity index (χ3n) is 2.90. The van der Waals surface area contributed by atoms with Gasteiger partial charge < -0.3 is 4.74 Å². The highest BCUT2D eigenvalue weighted by molar-refractivity contribution is 9.10. The van der Waals surface area contributed by atoms with Crippen molar-refractivity contribution < 1.29 is 18.9 Å². The molecule has 112 valence electrons. The number of Topliss-reactive ketones (excluding diaryl/α,β-unsaturated/α-hetero) is 1. The van der Waals surface area contributed by atoms with Crippen molar-refractivity contribution in [3.05, 3.63) is 69.8 Å². The van der Waals surface area contributed by atoms with Crippen LogP contribution in [0.3, 0.4) is 0 Å². The van der Waals surface area contributed by atoms with Crippen molar-refractivity contribution in [2.24, 2.45) is 0 Å². The predicted octanol–water partition coefficient (Wildman–Crippen LogP) is 2.89. The molecule has 0 fully saturated rings. The molecule has 0 unspecified atom stereocenters. The van der Waals surface area contributed by atoms with E-state index < -0.39 is 5.97 Å². The first-order valence-corrected chi connectivity index (χ1v) is 7.57. The quantitative estimate of drug-likeness (QED) is 0.292. The fourth-order valence-corrected chi connectivity index (χ4v) is 2.41. The lowest BCUT2D eigenvalue weighted by atomic mass is 10.1. The van der Waals surface area contributed by atoms with Crippen molar-refractivity contribution in [3.8, 4) is 0 Å². The van der Waals surface area contributed by atoms with Crippen LogP contribution in [0.5, 0.6) is 0 Å². The Morgan fingerprint density at radius 2 is 1.68 bits per heavy atom. The number of ether oxygens (including phenoxy) is 1. The second kappa shape index (κ2) is 7.38. The lowest BCUT2D eigenvalue weighted by Crippen LogP contribution is -2.37. The topological polar surface area (TPSA) is 47.3 Å². The number of halogens is 1. The molecule has 22 heavy (non-hydrogen) atoms. The van der Waals surface area contributed by atoms with Crippen molar-refractivity contribution in [3.63, 3.8) is 0 Å². The monoisotopic (exact) mass is 378 g/mol. The van der Waals surface area contributed by atoms with E-state index >= 15 is 0 Å². The maximum absolute atomic E-state index is 12.5. The van der Waals surface area contributed by atoms with Crippen molar-refractivity contribution in [2.75, 3.05) is 7.11 Å². The van der Waals surface area contributed by atoms with E-state index in [1.54, 1.807) is 54.9 Å². The number of hydrogen-bond acceptors (Lipinski definition) is 4. The van der Waals surface area contributed by atoms with Crippen molar-refractivity contribution in [2.45, 2.75) is 0 Å². The van der Waals surface area contributed by atoms with Crippen LogP contribution in [0, 0.1) is 0 Å². The Morgan fingerprint density at radius 1 is 1.09 bits per heavy atom. The number of carbonyl (C=O) groups is 2. The normalized spacial score (nSPS) is 11.6. The number of pyridine rings is 1. The fourth-order valence-electron chi connectivity index (χ4n) is 1.81. The maximum Gasteiger partial charge on any atom is 0.405 e. The minimum atomic E-state index is -0.633. The zero-order valence-corrected chi connectivity index (χ0v) is 14.2. The third-order valence-corrected chi connectivity index (χ3v) is 3.84. The van der Waals surface area contributed by atoms with Gasteiger partial charge in [0.25, 0.3) is 0 Å². The molecule has 1 heterocycles. The van der Waals surface area contributed by atoms with Gasteiger partial charge in [-0.2, -0.15) is 4.57 Å². The van der Waals surface area contributed by atoms with Gasteiger partial charge in [-0.15, -0.1) is 12.6 Å². The smallest absolute Gasteiger partial charge is 0.405 e. The molecule has 4 nitrogen and oxygen atoms in total. The third kappa shape index (κ3) is 3.64. The lowest BCUT2D eigenvalue weighted by Gasteiger charge is -2.05. The van der Waals surface area contributed by atoms with Gasteiger partial charge in [0.05, 0.1) is 7.11 Å². The Hall–Kier alpha value is -1.92. The molecule has 0 spiro atoms. The number of carbonyl (C=O) groups excluding carboxylic acids is 2. The number of rotatable bonds is 4. The molecule has 0 aliphatic carbocycles. The van der Waals surface area contributed by atoms with E-state index in [-0.39, 0.29) is 16.4 Å². The summed E-state index contributed by atoms with van der Waals surface area (Å²) in [6.45, 7) is 0. The van der Waals surface area contributed by atoms with Gasteiger partial charge in [-0.1, -0.05) is 22.0 Å². The number of thiol groups is 1. The van der Waals surface area contributed by atoms with Gasteiger partial charge in [0.2, 0.25) is 5.78 Å². The van der Waals surface area contributed by atoms with Crippen LogP contribution in [0.1, 0.15) is 10.4 Å². The average molecular weight is 379 g/mol. The molecule has 6 heteroatoms. The van der Waals surface area contributed by atoms with E-state index in [1.165, 1.54) is 11.7 Å². The number of allylic oxidation sites excluding steroid dienone is 1. The van der Waals surface area contributed by atoms with Crippen LogP contribution in [-0.2, 0) is 9.53 Å². The van der Waals surface area contributed by atoms with Gasteiger partial charge in [0.1, 0.15) is 4.91 Å². The Kier molecular flexibility index (Phi) is 5.51. The number of methoxy groups -OCH3 is 1. The largest absolute Gasteiger partial charge is 0.461 e. The lowest BCUT2D eigenvalue weighted by molar-refractivity contribution is -0.578. The van der Waals surface area contributed by atoms with E-state index in [1.807, 2.05) is 0 Å². The standard InChI is InChI=1S/C16H12BrNO3S/c1-21-16(20)13(18-9-3-2-4-10-18)15(22)14(19)11-5-7-12(17)8-6-11/h2-10H,1H3/p+1. The van der Waals surface area contributed by atoms with Crippen LogP contribution in [0.15, 0.2) is 64.2 Å². The van der Waals surface area contributed by atoms with Gasteiger partial charge in [-0.05, 0) is 24.3 Å². The SMILES string of the molecule is COC(=O)/C(=C(/S)C(=O)c1ccc(Br)cc1)[n+]1ccccc1. The predicted molar refractivity (Wildman–Crippen MR) is 89.3 cm³/mol. The highest BCUT2D eigenvalue weighted by Gasteiger charge is 2.29. The number of hydrogen-bond donors (Lipinski definition) is 1. The zero-order chi connectivity index (χ0) is 16.1. The van der Waals surface area contributed by atoms with Crippen LogP contribution in [-0.4, -0.2) is 18.9 Å². The van der Waals surface area contributed by atoms with Crippen LogP contribution < -0.4 is 4.57 Å². The number of aromatic nitrogens is 1. The van der Waals surface area contributed by atoms with E-state index in [9.17, 15) is 9.59 Å². The van der Waals surface area contributed by atoms with E-state index in [4.69, 9.17) is 4.74 Å². The van der Waals surface area contributed by atoms with Gasteiger partial charge in [-0.25, -0.2) is 4.79 Å². The summed E-state index contributed by atoms with van der Waals surface area (Å²) in [6.07, 6.45) is 3.30. The summed E-state index contributed by atoms with van der Waals surface area (Å²) in [5.74, 6) is -0.987. The van der Waals surface area contributed by atoms with Crippen LogP contribution >= 0.6 is 28.6 Å². The van der Waals surface area contributed by atoms with Crippen LogP contribution in [0.4, 0.5) is 0 Å². The van der Waals surface area contributed by atoms with Gasteiger partial charge in [0.15, 0.2) is 12.4 Å². The van der Waals surface area contributed by atoms with E-state index in [2.05, 4.69) is 28.6 Å². The van der Waals surface area contributed by atoms with Crippen molar-refractivity contribution in [1.29, 1.82) is 0 Å². The molecule has 0 saturated heterocycles. The second-order valence-electron chi connectivity index (χ2n) is 4.31. The summed E-state index contributed by atoms with van der Waals surface area (Å²) >= 11 is 7.57. The van der Waals surface area contributed by atoms with Crippen molar-refractivity contribution >= 4 is 46.0 Å². The van der Waals surface area contributed by atoms with E-state index in [0.29, 0.717) is 5.56 Å². The first kappa shape index (κ1) is 16.5. The highest BCUT2D eigenvalue weighted by Crippen LogP contribution is 2.19. The molecular formula is C16H13BrNO3S+. The summed E-state index contributed by atoms with van der Waals surface area (Å²) in [7, 11) is 1.26. The highest BCUT2D eigenvalue weighted by atomic mass is 79.9. The number of nitrogens with zero attached hydrogens (tertiary/aromatic N) is 1. The molecule has 0 saturated carbocycles. The first-order valence-electron chi connectivity index (χ1n) is 6.33. The number of esters is 1. The minimum Gasteiger partial charge on any atom is -0.461 e. The van der Waals surface area contributed by atoms with Gasteiger partial charge >= 0.3 is 11.7 Å². The average Bonchev–Trinajstić information content (AvgIpc) is 2.55. The Labute approximate surface area is 142 Å². The molecule has 1 aromatic carbocycles. The molecule has 1 aromatic heterocycles. The molecule has 0 aliphatic heterocycles. The number of ketones is 1. The molecule has 0 aliphatic rings. The van der Waals surface area contributed by atoms with Gasteiger partial charge in [-0.3, -0.25) is 4.79 Å². The summed E-state index contributed by atoms with van der Waals surface area (Å²) in [5.41, 5.74) is 0.505. The summed E-state index contributed by atoms with van der Waals surface area (Å²) in [5, 5.41) is 0. The molecule has 0 atom stereocenters. The molecule has 0 radical (unpaired) electrons. The molecular weight excluding hydrogens is 366 g/mol. The summed E-state index contributed by atoms with van der Waals surface area (Å²) in [4.78, 5) is 24.6. The molecule has 0 amide bonds. The summed E-state index contributed by atoms with van der Waals surface area (Å²) in [6, 6.07) is 12.1. The molecule has 0 bridgehead atoms. The van der Waals surface area contributed by atoms with Gasteiger partial charge in [0, 0.05) is 22.2 Å². The minimum absolute atomic E-state index is 0.0189. The molecule has 2 aromatic rings. The Bertz CT molecular complexity index is 727. The summed E-state index contributed by atoms with van der Waals surface area (Å²) < 4.78 is 7.13. The van der Waals surface area contributed by atoms with E-state index in [0.717, 1.165) is 4.47 Å².